The van der Waals surface area contributed by atoms with Crippen molar-refractivity contribution < 1.29 is 0 Å². The third kappa shape index (κ3) is 1.69. The van der Waals surface area contributed by atoms with Crippen LogP contribution in [0.4, 0.5) is 5.82 Å². The Kier molecular flexibility index (Phi) is 2.45. The maximum absolute atomic E-state index is 8.90. The fourth-order valence-electron chi connectivity index (χ4n) is 3.12. The minimum absolute atomic E-state index is 0.599. The number of anilines is 1. The molecular weight excluding hydrogens is 262 g/mol. The summed E-state index contributed by atoms with van der Waals surface area (Å²) in [6.07, 6.45) is 3.14. The lowest BCUT2D eigenvalue weighted by Crippen LogP contribution is -1.96. The largest absolute Gasteiger partial charge is 0.384 e. The summed E-state index contributed by atoms with van der Waals surface area (Å²) in [6.45, 7) is 0. The molecule has 102 valence electrons. The van der Waals surface area contributed by atoms with Gasteiger partial charge in [-0.1, -0.05) is 12.1 Å². The highest BCUT2D eigenvalue weighted by atomic mass is 15.2. The van der Waals surface area contributed by atoms with Gasteiger partial charge in [-0.25, -0.2) is 4.98 Å². The SMILES string of the molecule is N#Cc1ccc(-c2nc3n[nH]c(N)c3c3c2CCC3)cc1. The highest BCUT2D eigenvalue weighted by molar-refractivity contribution is 5.93. The number of nitrogens with one attached hydrogen (secondary N) is 1. The number of nitriles is 1. The quantitative estimate of drug-likeness (QED) is 0.714. The van der Waals surface area contributed by atoms with Gasteiger partial charge in [-0.05, 0) is 42.5 Å². The molecule has 0 bridgehead atoms. The van der Waals surface area contributed by atoms with Gasteiger partial charge in [-0.2, -0.15) is 10.4 Å². The first kappa shape index (κ1) is 11.9. The van der Waals surface area contributed by atoms with Crippen LogP contribution in [0.2, 0.25) is 0 Å². The molecule has 0 saturated carbocycles. The number of fused-ring (bicyclic) bond motifs is 3. The maximum Gasteiger partial charge on any atom is 0.183 e. The van der Waals surface area contributed by atoms with Crippen LogP contribution >= 0.6 is 0 Å². The molecule has 0 aliphatic heterocycles. The van der Waals surface area contributed by atoms with Crippen LogP contribution in [0.3, 0.4) is 0 Å². The zero-order valence-electron chi connectivity index (χ0n) is 11.3. The number of aromatic amines is 1. The van der Waals surface area contributed by atoms with Gasteiger partial charge in [0.15, 0.2) is 5.65 Å². The number of nitrogen functional groups attached to an aromatic ring is 1. The second kappa shape index (κ2) is 4.32. The molecule has 1 aromatic carbocycles. The standard InChI is InChI=1S/C16H13N5/c17-8-9-4-6-10(7-5-9)14-12-3-1-2-11(12)13-15(18)20-21-16(13)19-14/h4-7H,1-3H2,(H3,18,19,20,21). The van der Waals surface area contributed by atoms with Crippen molar-refractivity contribution in [3.8, 4) is 17.3 Å². The summed E-state index contributed by atoms with van der Waals surface area (Å²) in [5.74, 6) is 0.599. The van der Waals surface area contributed by atoms with Crippen molar-refractivity contribution in [3.63, 3.8) is 0 Å². The lowest BCUT2D eigenvalue weighted by Gasteiger charge is -2.09. The summed E-state index contributed by atoms with van der Waals surface area (Å²) in [5.41, 5.74) is 11.8. The van der Waals surface area contributed by atoms with Crippen LogP contribution < -0.4 is 5.73 Å². The summed E-state index contributed by atoms with van der Waals surface area (Å²) in [7, 11) is 0. The monoisotopic (exact) mass is 275 g/mol. The average molecular weight is 275 g/mol. The highest BCUT2D eigenvalue weighted by Gasteiger charge is 2.23. The number of nitrogens with zero attached hydrogens (tertiary/aromatic N) is 3. The van der Waals surface area contributed by atoms with Crippen molar-refractivity contribution in [3.05, 3.63) is 41.0 Å². The second-order valence-electron chi connectivity index (χ2n) is 5.30. The number of hydrogen-bond donors (Lipinski definition) is 2. The Bertz CT molecular complexity index is 884. The Morgan fingerprint density at radius 2 is 1.90 bits per heavy atom. The van der Waals surface area contributed by atoms with Crippen molar-refractivity contribution in [2.75, 3.05) is 5.73 Å². The fraction of sp³-hybridized carbons (Fsp3) is 0.188. The van der Waals surface area contributed by atoms with Gasteiger partial charge in [0.1, 0.15) is 5.82 Å². The maximum atomic E-state index is 8.90. The van der Waals surface area contributed by atoms with Gasteiger partial charge in [0, 0.05) is 5.56 Å². The van der Waals surface area contributed by atoms with Gasteiger partial charge >= 0.3 is 0 Å². The molecule has 5 heteroatoms. The van der Waals surface area contributed by atoms with E-state index >= 15 is 0 Å². The molecule has 0 spiro atoms. The first-order valence-corrected chi connectivity index (χ1v) is 6.94. The molecule has 2 heterocycles. The van der Waals surface area contributed by atoms with Crippen molar-refractivity contribution >= 4 is 16.9 Å². The van der Waals surface area contributed by atoms with Crippen molar-refractivity contribution in [1.29, 1.82) is 5.26 Å². The number of pyridine rings is 1. The van der Waals surface area contributed by atoms with Gasteiger partial charge in [-0.3, -0.25) is 5.10 Å². The van der Waals surface area contributed by atoms with Crippen molar-refractivity contribution in [1.82, 2.24) is 15.2 Å². The number of aromatic nitrogens is 3. The Morgan fingerprint density at radius 3 is 2.67 bits per heavy atom. The lowest BCUT2D eigenvalue weighted by atomic mass is 10.00. The molecule has 0 radical (unpaired) electrons. The molecule has 2 aromatic heterocycles. The van der Waals surface area contributed by atoms with Crippen molar-refractivity contribution in [2.24, 2.45) is 0 Å². The number of rotatable bonds is 1. The molecule has 1 aliphatic rings. The van der Waals surface area contributed by atoms with Crippen LogP contribution in [0.1, 0.15) is 23.1 Å². The summed E-state index contributed by atoms with van der Waals surface area (Å²) in [4.78, 5) is 4.69. The first-order chi connectivity index (χ1) is 10.3. The molecular formula is C16H13N5. The van der Waals surface area contributed by atoms with Crippen LogP contribution in [-0.4, -0.2) is 15.2 Å². The normalized spacial score (nSPS) is 13.3. The molecule has 5 nitrogen and oxygen atoms in total. The van der Waals surface area contributed by atoms with E-state index in [-0.39, 0.29) is 0 Å². The van der Waals surface area contributed by atoms with Gasteiger partial charge in [0.25, 0.3) is 0 Å². The molecule has 0 fully saturated rings. The molecule has 3 N–H and O–H groups in total. The number of aryl methyl sites for hydroxylation is 1. The van der Waals surface area contributed by atoms with E-state index in [2.05, 4.69) is 21.3 Å². The molecule has 0 saturated heterocycles. The summed E-state index contributed by atoms with van der Waals surface area (Å²) in [5, 5.41) is 16.9. The Labute approximate surface area is 121 Å². The third-order valence-electron chi connectivity index (χ3n) is 4.09. The van der Waals surface area contributed by atoms with Gasteiger partial charge in [-0.15, -0.1) is 0 Å². The minimum atomic E-state index is 0.599. The molecule has 21 heavy (non-hydrogen) atoms. The van der Waals surface area contributed by atoms with Crippen molar-refractivity contribution in [2.45, 2.75) is 19.3 Å². The van der Waals surface area contributed by atoms with E-state index < -0.39 is 0 Å². The van der Waals surface area contributed by atoms with Crippen LogP contribution in [0, 0.1) is 11.3 Å². The number of benzene rings is 1. The molecule has 0 atom stereocenters. The predicted molar refractivity (Wildman–Crippen MR) is 80.5 cm³/mol. The third-order valence-corrected chi connectivity index (χ3v) is 4.09. The topological polar surface area (TPSA) is 91.4 Å². The van der Waals surface area contributed by atoms with Crippen LogP contribution in [-0.2, 0) is 12.8 Å². The number of hydrogen-bond acceptors (Lipinski definition) is 4. The van der Waals surface area contributed by atoms with E-state index in [0.29, 0.717) is 17.0 Å². The summed E-state index contributed by atoms with van der Waals surface area (Å²) < 4.78 is 0. The molecule has 1 aliphatic carbocycles. The second-order valence-corrected chi connectivity index (χ2v) is 5.30. The van der Waals surface area contributed by atoms with E-state index in [4.69, 9.17) is 11.0 Å². The average Bonchev–Trinajstić information content (AvgIpc) is 3.13. The first-order valence-electron chi connectivity index (χ1n) is 6.94. The Morgan fingerprint density at radius 1 is 1.14 bits per heavy atom. The zero-order valence-corrected chi connectivity index (χ0v) is 11.3. The van der Waals surface area contributed by atoms with Crippen LogP contribution in [0.5, 0.6) is 0 Å². The van der Waals surface area contributed by atoms with E-state index in [1.165, 1.54) is 11.1 Å². The number of H-pyrrole nitrogens is 1. The van der Waals surface area contributed by atoms with Crippen LogP contribution in [0.15, 0.2) is 24.3 Å². The lowest BCUT2D eigenvalue weighted by molar-refractivity contribution is 0.913. The molecule has 4 rings (SSSR count). The number of nitrogens with two attached hydrogens (primary N) is 1. The predicted octanol–water partition coefficient (Wildman–Crippen LogP) is 2.57. The molecule has 0 amide bonds. The summed E-state index contributed by atoms with van der Waals surface area (Å²) >= 11 is 0. The van der Waals surface area contributed by atoms with Crippen LogP contribution in [0.25, 0.3) is 22.3 Å². The van der Waals surface area contributed by atoms with Gasteiger partial charge < -0.3 is 5.73 Å². The van der Waals surface area contributed by atoms with Gasteiger partial charge in [0.2, 0.25) is 0 Å². The highest BCUT2D eigenvalue weighted by Crippen LogP contribution is 2.37. The van der Waals surface area contributed by atoms with E-state index in [1.54, 1.807) is 0 Å². The molecule has 3 aromatic rings. The van der Waals surface area contributed by atoms with E-state index in [1.807, 2.05) is 24.3 Å². The Balaban J connectivity index is 1.99. The molecule has 0 unspecified atom stereocenters. The fourth-order valence-corrected chi connectivity index (χ4v) is 3.12. The van der Waals surface area contributed by atoms with E-state index in [9.17, 15) is 0 Å². The van der Waals surface area contributed by atoms with Gasteiger partial charge in [0.05, 0.1) is 22.7 Å². The van der Waals surface area contributed by atoms with E-state index in [0.717, 1.165) is 35.9 Å². The Hall–Kier alpha value is -2.87. The smallest absolute Gasteiger partial charge is 0.183 e. The minimum Gasteiger partial charge on any atom is -0.384 e. The zero-order chi connectivity index (χ0) is 14.4. The summed E-state index contributed by atoms with van der Waals surface area (Å²) in [6, 6.07) is 9.67.